The summed E-state index contributed by atoms with van der Waals surface area (Å²) in [7, 11) is 0. The number of amides is 1. The van der Waals surface area contributed by atoms with Gasteiger partial charge in [-0.3, -0.25) is 4.79 Å². The number of hydrogen-bond acceptors (Lipinski definition) is 4. The summed E-state index contributed by atoms with van der Waals surface area (Å²) in [6.45, 7) is -0.392. The third-order valence-corrected chi connectivity index (χ3v) is 2.66. The minimum atomic E-state index is -4.46. The predicted molar refractivity (Wildman–Crippen MR) is 67.7 cm³/mol. The lowest BCUT2D eigenvalue weighted by Gasteiger charge is -2.13. The van der Waals surface area contributed by atoms with Crippen LogP contribution in [0.1, 0.15) is 11.1 Å². The highest BCUT2D eigenvalue weighted by Gasteiger charge is 2.32. The molecule has 0 aliphatic rings. The van der Waals surface area contributed by atoms with Crippen LogP contribution in [-0.2, 0) is 24.1 Å². The van der Waals surface area contributed by atoms with Gasteiger partial charge >= 0.3 is 6.18 Å². The Morgan fingerprint density at radius 2 is 2.05 bits per heavy atom. The number of nitrogens with one attached hydrogen (secondary N) is 1. The van der Waals surface area contributed by atoms with Crippen LogP contribution >= 0.6 is 0 Å². The van der Waals surface area contributed by atoms with Crippen molar-refractivity contribution in [3.63, 3.8) is 0 Å². The molecule has 0 radical (unpaired) electrons. The Hall–Kier alpha value is -2.58. The van der Waals surface area contributed by atoms with E-state index in [1.54, 1.807) is 0 Å². The molecule has 0 aliphatic carbocycles. The molecule has 0 saturated heterocycles. The van der Waals surface area contributed by atoms with Gasteiger partial charge in [-0.25, -0.2) is 9.67 Å². The molecular weight excluding hydrogens is 287 g/mol. The summed E-state index contributed by atoms with van der Waals surface area (Å²) in [4.78, 5) is 15.3. The number of rotatable bonds is 4. The lowest BCUT2D eigenvalue weighted by Crippen LogP contribution is -2.28. The molecule has 0 atom stereocenters. The van der Waals surface area contributed by atoms with Crippen LogP contribution < -0.4 is 11.1 Å². The predicted octanol–water partition coefficient (Wildman–Crippen LogP) is 1.20. The van der Waals surface area contributed by atoms with Crippen LogP contribution in [0.25, 0.3) is 0 Å². The average Bonchev–Trinajstić information content (AvgIpc) is 2.81. The number of nitrogens with two attached hydrogens (primary N) is 1. The third-order valence-electron chi connectivity index (χ3n) is 2.66. The van der Waals surface area contributed by atoms with Crippen LogP contribution in [0.4, 0.5) is 19.1 Å². The molecule has 1 amide bonds. The molecule has 2 rings (SSSR count). The molecule has 21 heavy (non-hydrogen) atoms. The maximum Gasteiger partial charge on any atom is 0.416 e. The van der Waals surface area contributed by atoms with Gasteiger partial charge in [0.25, 0.3) is 0 Å². The monoisotopic (exact) mass is 299 g/mol. The Kier molecular flexibility index (Phi) is 4.10. The first-order chi connectivity index (χ1) is 9.86. The molecule has 1 aromatic carbocycles. The number of halogens is 3. The average molecular weight is 299 g/mol. The third kappa shape index (κ3) is 3.94. The molecule has 0 fully saturated rings. The van der Waals surface area contributed by atoms with Gasteiger partial charge in [0, 0.05) is 6.54 Å². The van der Waals surface area contributed by atoms with Crippen molar-refractivity contribution in [2.24, 2.45) is 0 Å². The van der Waals surface area contributed by atoms with E-state index in [1.165, 1.54) is 29.2 Å². The molecule has 0 saturated carbocycles. The van der Waals surface area contributed by atoms with Crippen molar-refractivity contribution < 1.29 is 18.0 Å². The van der Waals surface area contributed by atoms with E-state index in [1.807, 2.05) is 0 Å². The van der Waals surface area contributed by atoms with Crippen molar-refractivity contribution in [3.8, 4) is 0 Å². The SMILES string of the molecule is Nc1ncn(CC(=O)NCc2ccccc2C(F)(F)F)n1. The summed E-state index contributed by atoms with van der Waals surface area (Å²) in [5.41, 5.74) is 4.52. The van der Waals surface area contributed by atoms with E-state index in [2.05, 4.69) is 15.4 Å². The van der Waals surface area contributed by atoms with Crippen molar-refractivity contribution in [2.45, 2.75) is 19.3 Å². The number of nitrogen functional groups attached to an aromatic ring is 1. The first kappa shape index (κ1) is 14.8. The van der Waals surface area contributed by atoms with Gasteiger partial charge in [-0.1, -0.05) is 18.2 Å². The van der Waals surface area contributed by atoms with Crippen LogP contribution in [-0.4, -0.2) is 20.7 Å². The Labute approximate surface area is 117 Å². The highest BCUT2D eigenvalue weighted by molar-refractivity contribution is 5.75. The lowest BCUT2D eigenvalue weighted by atomic mass is 10.1. The summed E-state index contributed by atoms with van der Waals surface area (Å²) >= 11 is 0. The van der Waals surface area contributed by atoms with E-state index < -0.39 is 17.6 Å². The Bertz CT molecular complexity index is 638. The zero-order valence-electron chi connectivity index (χ0n) is 10.8. The zero-order valence-corrected chi connectivity index (χ0v) is 10.8. The number of carbonyl (C=O) groups is 1. The number of benzene rings is 1. The zero-order chi connectivity index (χ0) is 15.5. The normalized spacial score (nSPS) is 11.4. The first-order valence-corrected chi connectivity index (χ1v) is 5.93. The molecule has 2 aromatic rings. The topological polar surface area (TPSA) is 85.8 Å². The first-order valence-electron chi connectivity index (χ1n) is 5.93. The van der Waals surface area contributed by atoms with E-state index in [9.17, 15) is 18.0 Å². The van der Waals surface area contributed by atoms with E-state index in [0.29, 0.717) is 0 Å². The van der Waals surface area contributed by atoms with Gasteiger partial charge in [-0.05, 0) is 11.6 Å². The fourth-order valence-electron chi connectivity index (χ4n) is 1.73. The number of anilines is 1. The number of aromatic nitrogens is 3. The Morgan fingerprint density at radius 3 is 2.67 bits per heavy atom. The molecule has 6 nitrogen and oxygen atoms in total. The van der Waals surface area contributed by atoms with Crippen molar-refractivity contribution in [1.29, 1.82) is 0 Å². The minimum absolute atomic E-state index is 0.00328. The number of nitrogens with zero attached hydrogens (tertiary/aromatic N) is 3. The molecule has 1 heterocycles. The molecule has 3 N–H and O–H groups in total. The number of alkyl halides is 3. The van der Waals surface area contributed by atoms with Crippen LogP contribution in [0.5, 0.6) is 0 Å². The molecular formula is C12H12F3N5O. The quantitative estimate of drug-likeness (QED) is 0.888. The number of hydrogen-bond donors (Lipinski definition) is 2. The highest BCUT2D eigenvalue weighted by Crippen LogP contribution is 2.31. The minimum Gasteiger partial charge on any atom is -0.367 e. The summed E-state index contributed by atoms with van der Waals surface area (Å²) in [5, 5.41) is 6.11. The second-order valence-electron chi connectivity index (χ2n) is 4.23. The van der Waals surface area contributed by atoms with Gasteiger partial charge in [0.15, 0.2) is 0 Å². The van der Waals surface area contributed by atoms with Crippen LogP contribution in [0.3, 0.4) is 0 Å². The fourth-order valence-corrected chi connectivity index (χ4v) is 1.73. The molecule has 0 aliphatic heterocycles. The van der Waals surface area contributed by atoms with Gasteiger partial charge in [0.05, 0.1) is 5.56 Å². The largest absolute Gasteiger partial charge is 0.416 e. The molecule has 112 valence electrons. The number of carbonyl (C=O) groups excluding carboxylic acids is 1. The summed E-state index contributed by atoms with van der Waals surface area (Å²) in [6.07, 6.45) is -3.19. The van der Waals surface area contributed by atoms with Gasteiger partial charge < -0.3 is 11.1 Å². The maximum absolute atomic E-state index is 12.8. The Balaban J connectivity index is 1.98. The van der Waals surface area contributed by atoms with Crippen LogP contribution in [0, 0.1) is 0 Å². The van der Waals surface area contributed by atoms with E-state index in [0.717, 1.165) is 6.07 Å². The van der Waals surface area contributed by atoms with Crippen molar-refractivity contribution >= 4 is 11.9 Å². The van der Waals surface area contributed by atoms with E-state index in [-0.39, 0.29) is 24.6 Å². The molecule has 9 heteroatoms. The molecule has 0 unspecified atom stereocenters. The fraction of sp³-hybridized carbons (Fsp3) is 0.250. The van der Waals surface area contributed by atoms with Gasteiger partial charge in [-0.15, -0.1) is 5.10 Å². The van der Waals surface area contributed by atoms with Crippen molar-refractivity contribution in [1.82, 2.24) is 20.1 Å². The van der Waals surface area contributed by atoms with Crippen LogP contribution in [0.15, 0.2) is 30.6 Å². The smallest absolute Gasteiger partial charge is 0.367 e. The summed E-state index contributed by atoms with van der Waals surface area (Å²) < 4.78 is 39.5. The van der Waals surface area contributed by atoms with E-state index in [4.69, 9.17) is 5.73 Å². The standard InChI is InChI=1S/C12H12F3N5O/c13-12(14,15)9-4-2-1-3-8(9)5-17-10(21)6-20-7-18-11(16)19-20/h1-4,7H,5-6H2,(H2,16,19)(H,17,21). The summed E-state index contributed by atoms with van der Waals surface area (Å²) in [5.74, 6) is -0.470. The highest BCUT2D eigenvalue weighted by atomic mass is 19.4. The lowest BCUT2D eigenvalue weighted by molar-refractivity contribution is -0.138. The van der Waals surface area contributed by atoms with Gasteiger partial charge in [-0.2, -0.15) is 13.2 Å². The summed E-state index contributed by atoms with van der Waals surface area (Å²) in [6, 6.07) is 5.07. The van der Waals surface area contributed by atoms with Crippen LogP contribution in [0.2, 0.25) is 0 Å². The molecule has 0 bridgehead atoms. The molecule has 1 aromatic heterocycles. The van der Waals surface area contributed by atoms with Crippen molar-refractivity contribution in [2.75, 3.05) is 5.73 Å². The van der Waals surface area contributed by atoms with Gasteiger partial charge in [0.1, 0.15) is 12.9 Å². The van der Waals surface area contributed by atoms with Crippen molar-refractivity contribution in [3.05, 3.63) is 41.7 Å². The second-order valence-corrected chi connectivity index (χ2v) is 4.23. The second kappa shape index (κ2) is 5.81. The van der Waals surface area contributed by atoms with E-state index >= 15 is 0 Å². The Morgan fingerprint density at radius 1 is 1.33 bits per heavy atom. The maximum atomic E-state index is 12.8. The molecule has 0 spiro atoms. The van der Waals surface area contributed by atoms with Gasteiger partial charge in [0.2, 0.25) is 11.9 Å².